The van der Waals surface area contributed by atoms with Crippen molar-refractivity contribution in [1.29, 1.82) is 0 Å². The largest absolute Gasteiger partial charge is 0.493 e. The van der Waals surface area contributed by atoms with Crippen LogP contribution in [0.2, 0.25) is 5.02 Å². The minimum Gasteiger partial charge on any atom is -0.493 e. The van der Waals surface area contributed by atoms with Crippen LogP contribution in [0.3, 0.4) is 0 Å². The zero-order valence-corrected chi connectivity index (χ0v) is 23.6. The monoisotopic (exact) mass is 596 g/mol. The third kappa shape index (κ3) is 6.23. The Morgan fingerprint density at radius 1 is 1.18 bits per heavy atom. The van der Waals surface area contributed by atoms with Crippen LogP contribution in [-0.4, -0.2) is 35.5 Å². The summed E-state index contributed by atoms with van der Waals surface area (Å²) in [4.78, 5) is 30.6. The molecule has 0 aliphatic rings. The lowest BCUT2D eigenvalue weighted by Crippen LogP contribution is -2.23. The first-order chi connectivity index (χ1) is 18.2. The highest BCUT2D eigenvalue weighted by Crippen LogP contribution is 2.34. The van der Waals surface area contributed by atoms with Crippen molar-refractivity contribution in [3.8, 4) is 11.5 Å². The molecule has 4 aromatic rings. The molecule has 196 valence electrons. The summed E-state index contributed by atoms with van der Waals surface area (Å²) in [5, 5.41) is 8.05. The number of aryl methyl sites for hydroxylation is 1. The van der Waals surface area contributed by atoms with E-state index in [1.54, 1.807) is 24.3 Å². The molecular weight excluding hydrogens is 572 g/mol. The smallest absolute Gasteiger partial charge is 0.282 e. The van der Waals surface area contributed by atoms with Gasteiger partial charge in [-0.3, -0.25) is 9.59 Å². The van der Waals surface area contributed by atoms with Crippen LogP contribution in [0.1, 0.15) is 36.7 Å². The molecule has 0 aliphatic heterocycles. The van der Waals surface area contributed by atoms with Crippen LogP contribution in [0.5, 0.6) is 11.5 Å². The van der Waals surface area contributed by atoms with Crippen molar-refractivity contribution in [2.24, 2.45) is 5.10 Å². The average Bonchev–Trinajstić information content (AvgIpc) is 2.88. The van der Waals surface area contributed by atoms with Gasteiger partial charge in [0.15, 0.2) is 18.1 Å². The maximum atomic E-state index is 13.4. The Kier molecular flexibility index (Phi) is 8.48. The fraction of sp³-hybridized carbons (Fsp3) is 0.214. The first-order valence-corrected chi connectivity index (χ1v) is 13.0. The normalized spacial score (nSPS) is 11.3. The first kappa shape index (κ1) is 27.3. The van der Waals surface area contributed by atoms with Gasteiger partial charge in [0, 0.05) is 32.7 Å². The topological polar surface area (TPSA) is 94.8 Å². The zero-order valence-electron chi connectivity index (χ0n) is 21.3. The van der Waals surface area contributed by atoms with E-state index in [9.17, 15) is 9.59 Å². The fourth-order valence-corrected chi connectivity index (χ4v) is 4.31. The number of benzene rings is 3. The molecule has 10 heteroatoms. The number of fused-ring (bicyclic) bond motifs is 1. The quantitative estimate of drug-likeness (QED) is 0.246. The number of methoxy groups -OCH3 is 1. The Balaban J connectivity index is 1.68. The van der Waals surface area contributed by atoms with Gasteiger partial charge in [0.25, 0.3) is 11.5 Å². The molecule has 0 fully saturated rings. The van der Waals surface area contributed by atoms with Crippen molar-refractivity contribution in [2.45, 2.75) is 26.7 Å². The van der Waals surface area contributed by atoms with Gasteiger partial charge in [-0.25, -0.2) is 4.98 Å². The van der Waals surface area contributed by atoms with Gasteiger partial charge in [0.05, 0.1) is 24.2 Å². The van der Waals surface area contributed by atoms with Crippen molar-refractivity contribution in [2.75, 3.05) is 19.0 Å². The number of nitrogens with zero attached hydrogens (tertiary/aromatic N) is 3. The van der Waals surface area contributed by atoms with Crippen LogP contribution >= 0.6 is 27.5 Å². The highest BCUT2D eigenvalue weighted by Gasteiger charge is 2.17. The van der Waals surface area contributed by atoms with Crippen molar-refractivity contribution in [3.05, 3.63) is 91.4 Å². The summed E-state index contributed by atoms with van der Waals surface area (Å²) >= 11 is 9.72. The summed E-state index contributed by atoms with van der Waals surface area (Å²) in [5.41, 5.74) is 2.44. The van der Waals surface area contributed by atoms with Crippen molar-refractivity contribution in [3.63, 3.8) is 0 Å². The number of anilines is 1. The molecule has 4 rings (SSSR count). The number of aromatic nitrogens is 2. The number of amides is 1. The highest BCUT2D eigenvalue weighted by atomic mass is 79.9. The van der Waals surface area contributed by atoms with Crippen LogP contribution < -0.4 is 20.3 Å². The van der Waals surface area contributed by atoms with Gasteiger partial charge in [-0.15, -0.1) is 0 Å². The third-order valence-corrected chi connectivity index (χ3v) is 6.32. The SMILES string of the molecule is COc1cc(Cl)cc(C=Nn2c(C(C)C)nc3ccc(Br)cc3c2=O)c1OCC(=O)Nc1ccc(C)cc1. The van der Waals surface area contributed by atoms with E-state index in [1.165, 1.54) is 18.0 Å². The van der Waals surface area contributed by atoms with Gasteiger partial charge in [-0.05, 0) is 43.3 Å². The Morgan fingerprint density at radius 3 is 2.61 bits per heavy atom. The molecule has 38 heavy (non-hydrogen) atoms. The van der Waals surface area contributed by atoms with Gasteiger partial charge in [0.1, 0.15) is 5.82 Å². The van der Waals surface area contributed by atoms with Crippen LogP contribution in [0.25, 0.3) is 10.9 Å². The number of halogens is 2. The molecule has 1 aromatic heterocycles. The molecule has 1 N–H and O–H groups in total. The number of ether oxygens (including phenoxy) is 2. The molecule has 8 nitrogen and oxygen atoms in total. The van der Waals surface area contributed by atoms with Crippen molar-refractivity contribution < 1.29 is 14.3 Å². The lowest BCUT2D eigenvalue weighted by atomic mass is 10.2. The molecular formula is C28H26BrClN4O4. The van der Waals surface area contributed by atoms with Crippen LogP contribution in [0.4, 0.5) is 5.69 Å². The van der Waals surface area contributed by atoms with Gasteiger partial charge in [0.2, 0.25) is 0 Å². The number of hydrogen-bond acceptors (Lipinski definition) is 6. The van der Waals surface area contributed by atoms with E-state index < -0.39 is 0 Å². The Bertz CT molecular complexity index is 1580. The second-order valence-electron chi connectivity index (χ2n) is 8.88. The van der Waals surface area contributed by atoms with Crippen molar-refractivity contribution in [1.82, 2.24) is 9.66 Å². The molecule has 0 aliphatic carbocycles. The Hall–Kier alpha value is -3.69. The second kappa shape index (κ2) is 11.8. The number of rotatable bonds is 8. The van der Waals surface area contributed by atoms with Gasteiger partial charge in [-0.1, -0.05) is 59.1 Å². The third-order valence-electron chi connectivity index (χ3n) is 5.61. The predicted octanol–water partition coefficient (Wildman–Crippen LogP) is 6.15. The Labute approximate surface area is 233 Å². The number of hydrogen-bond donors (Lipinski definition) is 1. The van der Waals surface area contributed by atoms with Gasteiger partial charge < -0.3 is 14.8 Å². The summed E-state index contributed by atoms with van der Waals surface area (Å²) in [6.45, 7) is 5.55. The predicted molar refractivity (Wildman–Crippen MR) is 154 cm³/mol. The van der Waals surface area contributed by atoms with E-state index in [1.807, 2.05) is 51.1 Å². The highest BCUT2D eigenvalue weighted by molar-refractivity contribution is 9.10. The molecule has 3 aromatic carbocycles. The molecule has 0 saturated heterocycles. The molecule has 1 heterocycles. The summed E-state index contributed by atoms with van der Waals surface area (Å²) in [6.07, 6.45) is 1.44. The van der Waals surface area contributed by atoms with Crippen LogP contribution in [0.15, 0.2) is 69.0 Å². The zero-order chi connectivity index (χ0) is 27.4. The molecule has 0 atom stereocenters. The number of carbonyl (C=O) groups is 1. The molecule has 0 bridgehead atoms. The van der Waals surface area contributed by atoms with Gasteiger partial charge in [-0.2, -0.15) is 9.78 Å². The molecule has 0 unspecified atom stereocenters. The molecule has 1 amide bonds. The van der Waals surface area contributed by atoms with Crippen LogP contribution in [-0.2, 0) is 4.79 Å². The van der Waals surface area contributed by atoms with E-state index in [2.05, 4.69) is 31.3 Å². The van der Waals surface area contributed by atoms with E-state index >= 15 is 0 Å². The number of nitrogens with one attached hydrogen (secondary N) is 1. The minimum atomic E-state index is -0.351. The van der Waals surface area contributed by atoms with E-state index in [0.29, 0.717) is 38.8 Å². The summed E-state index contributed by atoms with van der Waals surface area (Å²) < 4.78 is 13.3. The first-order valence-electron chi connectivity index (χ1n) is 11.8. The lowest BCUT2D eigenvalue weighted by Gasteiger charge is -2.15. The standard InChI is InChI=1S/C28H26BrClN4O4/c1-16(2)27-33-23-10-7-19(29)12-22(23)28(36)34(27)31-14-18-11-20(30)13-24(37-4)26(18)38-15-25(35)32-21-8-5-17(3)6-9-21/h5-14,16H,15H2,1-4H3,(H,32,35). The number of carbonyl (C=O) groups excluding carboxylic acids is 1. The second-order valence-corrected chi connectivity index (χ2v) is 10.2. The lowest BCUT2D eigenvalue weighted by molar-refractivity contribution is -0.118. The summed E-state index contributed by atoms with van der Waals surface area (Å²) in [6, 6.07) is 16.0. The maximum Gasteiger partial charge on any atom is 0.282 e. The van der Waals surface area contributed by atoms with Gasteiger partial charge >= 0.3 is 0 Å². The summed E-state index contributed by atoms with van der Waals surface area (Å²) in [7, 11) is 1.47. The Morgan fingerprint density at radius 2 is 1.92 bits per heavy atom. The average molecular weight is 598 g/mol. The minimum absolute atomic E-state index is 0.0806. The van der Waals surface area contributed by atoms with E-state index in [4.69, 9.17) is 21.1 Å². The van der Waals surface area contributed by atoms with Crippen molar-refractivity contribution >= 4 is 56.2 Å². The van der Waals surface area contributed by atoms with E-state index in [0.717, 1.165) is 10.0 Å². The molecule has 0 radical (unpaired) electrons. The van der Waals surface area contributed by atoms with Crippen LogP contribution in [0, 0.1) is 6.92 Å². The maximum absolute atomic E-state index is 13.4. The summed E-state index contributed by atoms with van der Waals surface area (Å²) in [5.74, 6) is 0.642. The fourth-order valence-electron chi connectivity index (χ4n) is 3.73. The van der Waals surface area contributed by atoms with E-state index in [-0.39, 0.29) is 29.7 Å². The molecule has 0 saturated carbocycles. The molecule has 0 spiro atoms.